The standard InChI is InChI=1S/C11H23N/c1-9(2)10(3)12-11-7-5-4-6-8-11/h9-12H,4-8H2,1-3H3/t10-/m0/s1. The van der Waals surface area contributed by atoms with Gasteiger partial charge in [0.25, 0.3) is 0 Å². The van der Waals surface area contributed by atoms with Crippen molar-refractivity contribution >= 4 is 0 Å². The molecule has 1 rings (SSSR count). The highest BCUT2D eigenvalue weighted by molar-refractivity contribution is 4.76. The number of rotatable bonds is 3. The second-order valence-corrected chi connectivity index (χ2v) is 4.53. The Morgan fingerprint density at radius 1 is 1.00 bits per heavy atom. The van der Waals surface area contributed by atoms with E-state index in [4.69, 9.17) is 0 Å². The van der Waals surface area contributed by atoms with E-state index in [9.17, 15) is 0 Å². The van der Waals surface area contributed by atoms with Gasteiger partial charge >= 0.3 is 0 Å². The molecule has 1 fully saturated rings. The van der Waals surface area contributed by atoms with E-state index in [-0.39, 0.29) is 0 Å². The van der Waals surface area contributed by atoms with Crippen LogP contribution in [0.1, 0.15) is 52.9 Å². The van der Waals surface area contributed by atoms with Gasteiger partial charge in [0.05, 0.1) is 0 Å². The Hall–Kier alpha value is -0.0400. The lowest BCUT2D eigenvalue weighted by Gasteiger charge is -2.28. The molecule has 0 radical (unpaired) electrons. The molecule has 1 heteroatoms. The zero-order valence-corrected chi connectivity index (χ0v) is 8.77. The minimum atomic E-state index is 0.688. The molecule has 72 valence electrons. The summed E-state index contributed by atoms with van der Waals surface area (Å²) >= 11 is 0. The van der Waals surface area contributed by atoms with Crippen LogP contribution in [0.15, 0.2) is 0 Å². The first kappa shape index (κ1) is 10.0. The van der Waals surface area contributed by atoms with Gasteiger partial charge in [-0.1, -0.05) is 33.1 Å². The van der Waals surface area contributed by atoms with Crippen molar-refractivity contribution in [1.82, 2.24) is 5.32 Å². The van der Waals surface area contributed by atoms with Crippen LogP contribution >= 0.6 is 0 Å². The second-order valence-electron chi connectivity index (χ2n) is 4.53. The molecule has 1 N–H and O–H groups in total. The van der Waals surface area contributed by atoms with Gasteiger partial charge in [-0.05, 0) is 25.7 Å². The highest BCUT2D eigenvalue weighted by Gasteiger charge is 2.16. The fourth-order valence-electron chi connectivity index (χ4n) is 1.83. The molecule has 1 saturated carbocycles. The number of hydrogen-bond acceptors (Lipinski definition) is 1. The molecule has 0 aromatic carbocycles. The minimum absolute atomic E-state index is 0.688. The highest BCUT2D eigenvalue weighted by atomic mass is 14.9. The van der Waals surface area contributed by atoms with Crippen LogP contribution in [0.5, 0.6) is 0 Å². The van der Waals surface area contributed by atoms with Crippen LogP contribution in [0, 0.1) is 5.92 Å². The Labute approximate surface area is 76.9 Å². The molecule has 12 heavy (non-hydrogen) atoms. The first-order chi connectivity index (χ1) is 5.70. The van der Waals surface area contributed by atoms with Gasteiger partial charge in [-0.2, -0.15) is 0 Å². The van der Waals surface area contributed by atoms with E-state index in [1.54, 1.807) is 0 Å². The molecule has 0 unspecified atom stereocenters. The van der Waals surface area contributed by atoms with Gasteiger partial charge in [-0.25, -0.2) is 0 Å². The molecule has 0 spiro atoms. The average Bonchev–Trinajstić information content (AvgIpc) is 2.06. The van der Waals surface area contributed by atoms with Gasteiger partial charge in [0.15, 0.2) is 0 Å². The molecule has 0 saturated heterocycles. The summed E-state index contributed by atoms with van der Waals surface area (Å²) in [6.07, 6.45) is 7.12. The van der Waals surface area contributed by atoms with Crippen molar-refractivity contribution in [2.75, 3.05) is 0 Å². The molecule has 1 aliphatic carbocycles. The lowest BCUT2D eigenvalue weighted by Crippen LogP contribution is -2.40. The summed E-state index contributed by atoms with van der Waals surface area (Å²) in [6, 6.07) is 1.50. The molecule has 0 aliphatic heterocycles. The molecule has 0 bridgehead atoms. The SMILES string of the molecule is CC(C)[C@H](C)NC1CCCCC1. The van der Waals surface area contributed by atoms with E-state index in [0.717, 1.165) is 12.0 Å². The van der Waals surface area contributed by atoms with Gasteiger partial charge in [-0.3, -0.25) is 0 Å². The lowest BCUT2D eigenvalue weighted by atomic mass is 9.94. The Balaban J connectivity index is 2.20. The average molecular weight is 169 g/mol. The first-order valence-electron chi connectivity index (χ1n) is 5.46. The van der Waals surface area contributed by atoms with Crippen molar-refractivity contribution < 1.29 is 0 Å². The van der Waals surface area contributed by atoms with Gasteiger partial charge < -0.3 is 5.32 Å². The largest absolute Gasteiger partial charge is 0.311 e. The van der Waals surface area contributed by atoms with Crippen LogP contribution in [0.4, 0.5) is 0 Å². The fourth-order valence-corrected chi connectivity index (χ4v) is 1.83. The quantitative estimate of drug-likeness (QED) is 0.685. The van der Waals surface area contributed by atoms with Crippen LogP contribution in [-0.2, 0) is 0 Å². The maximum Gasteiger partial charge on any atom is 0.00696 e. The second kappa shape index (κ2) is 4.86. The Bertz CT molecular complexity index is 114. The van der Waals surface area contributed by atoms with Crippen LogP contribution < -0.4 is 5.32 Å². The topological polar surface area (TPSA) is 12.0 Å². The van der Waals surface area contributed by atoms with Crippen LogP contribution in [0.2, 0.25) is 0 Å². The Morgan fingerprint density at radius 3 is 2.08 bits per heavy atom. The molecule has 0 aromatic rings. The predicted octanol–water partition coefficient (Wildman–Crippen LogP) is 2.95. The molecule has 1 nitrogen and oxygen atoms in total. The fraction of sp³-hybridized carbons (Fsp3) is 1.00. The number of hydrogen-bond donors (Lipinski definition) is 1. The summed E-state index contributed by atoms with van der Waals surface area (Å²) < 4.78 is 0. The van der Waals surface area contributed by atoms with Crippen LogP contribution in [0.3, 0.4) is 0 Å². The molecule has 1 atom stereocenters. The number of nitrogens with one attached hydrogen (secondary N) is 1. The summed E-state index contributed by atoms with van der Waals surface area (Å²) in [6.45, 7) is 6.89. The van der Waals surface area contributed by atoms with Gasteiger partial charge in [-0.15, -0.1) is 0 Å². The van der Waals surface area contributed by atoms with E-state index in [1.165, 1.54) is 32.1 Å². The Morgan fingerprint density at radius 2 is 1.58 bits per heavy atom. The summed E-state index contributed by atoms with van der Waals surface area (Å²) in [7, 11) is 0. The third kappa shape index (κ3) is 3.14. The smallest absolute Gasteiger partial charge is 0.00696 e. The molecular formula is C11H23N. The van der Waals surface area contributed by atoms with E-state index in [2.05, 4.69) is 26.1 Å². The summed E-state index contributed by atoms with van der Waals surface area (Å²) in [5.41, 5.74) is 0. The van der Waals surface area contributed by atoms with Gasteiger partial charge in [0, 0.05) is 12.1 Å². The minimum Gasteiger partial charge on any atom is -0.311 e. The maximum absolute atomic E-state index is 3.72. The van der Waals surface area contributed by atoms with E-state index in [1.807, 2.05) is 0 Å². The monoisotopic (exact) mass is 169 g/mol. The van der Waals surface area contributed by atoms with Gasteiger partial charge in [0.1, 0.15) is 0 Å². The van der Waals surface area contributed by atoms with Crippen LogP contribution in [-0.4, -0.2) is 12.1 Å². The van der Waals surface area contributed by atoms with Gasteiger partial charge in [0.2, 0.25) is 0 Å². The van der Waals surface area contributed by atoms with Crippen molar-refractivity contribution in [3.05, 3.63) is 0 Å². The molecule has 0 heterocycles. The molecule has 1 aliphatic rings. The zero-order valence-electron chi connectivity index (χ0n) is 8.77. The van der Waals surface area contributed by atoms with Crippen molar-refractivity contribution in [2.24, 2.45) is 5.92 Å². The molecule has 0 amide bonds. The van der Waals surface area contributed by atoms with E-state index in [0.29, 0.717) is 6.04 Å². The normalized spacial score (nSPS) is 23.0. The van der Waals surface area contributed by atoms with Crippen molar-refractivity contribution in [3.63, 3.8) is 0 Å². The van der Waals surface area contributed by atoms with Crippen LogP contribution in [0.25, 0.3) is 0 Å². The Kier molecular flexibility index (Phi) is 4.07. The summed E-state index contributed by atoms with van der Waals surface area (Å²) in [4.78, 5) is 0. The third-order valence-electron chi connectivity index (χ3n) is 3.10. The van der Waals surface area contributed by atoms with E-state index < -0.39 is 0 Å². The molecular weight excluding hydrogens is 146 g/mol. The van der Waals surface area contributed by atoms with Crippen molar-refractivity contribution in [1.29, 1.82) is 0 Å². The predicted molar refractivity (Wildman–Crippen MR) is 54.3 cm³/mol. The van der Waals surface area contributed by atoms with Crippen molar-refractivity contribution in [3.8, 4) is 0 Å². The molecule has 0 aromatic heterocycles. The summed E-state index contributed by atoms with van der Waals surface area (Å²) in [5.74, 6) is 0.770. The maximum atomic E-state index is 3.72. The first-order valence-corrected chi connectivity index (χ1v) is 5.46. The van der Waals surface area contributed by atoms with Crippen molar-refractivity contribution in [2.45, 2.75) is 65.0 Å². The van der Waals surface area contributed by atoms with E-state index >= 15 is 0 Å². The lowest BCUT2D eigenvalue weighted by molar-refractivity contribution is 0.309. The highest BCUT2D eigenvalue weighted by Crippen LogP contribution is 2.18. The third-order valence-corrected chi connectivity index (χ3v) is 3.10. The summed E-state index contributed by atoms with van der Waals surface area (Å²) in [5, 5.41) is 3.72. The zero-order chi connectivity index (χ0) is 8.97.